The van der Waals surface area contributed by atoms with Gasteiger partial charge in [-0.2, -0.15) is 5.10 Å². The molecule has 3 aromatic rings. The van der Waals surface area contributed by atoms with Crippen molar-refractivity contribution in [2.45, 2.75) is 12.8 Å². The summed E-state index contributed by atoms with van der Waals surface area (Å²) in [6.07, 6.45) is 2.26. The highest BCUT2D eigenvalue weighted by Crippen LogP contribution is 2.28. The van der Waals surface area contributed by atoms with Gasteiger partial charge in [-0.1, -0.05) is 12.1 Å². The second kappa shape index (κ2) is 8.24. The highest BCUT2D eigenvalue weighted by molar-refractivity contribution is 7.14. The SMILES string of the molecule is COc1ccc(/C=N/Nc2nc(-c3ccc(N4C(=O)CCC4=O)cc3)cs2)cc1. The summed E-state index contributed by atoms with van der Waals surface area (Å²) in [5.41, 5.74) is 6.16. The van der Waals surface area contributed by atoms with E-state index in [2.05, 4.69) is 15.5 Å². The molecular weight excluding hydrogens is 388 g/mol. The van der Waals surface area contributed by atoms with Gasteiger partial charge in [0.1, 0.15) is 5.75 Å². The first-order valence-corrected chi connectivity index (χ1v) is 9.87. The molecule has 1 aromatic heterocycles. The number of nitrogens with one attached hydrogen (secondary N) is 1. The Morgan fingerprint density at radius 3 is 2.41 bits per heavy atom. The van der Waals surface area contributed by atoms with Gasteiger partial charge in [-0.3, -0.25) is 19.9 Å². The summed E-state index contributed by atoms with van der Waals surface area (Å²) in [6, 6.07) is 14.8. The molecule has 8 heteroatoms. The van der Waals surface area contributed by atoms with Gasteiger partial charge in [0.25, 0.3) is 0 Å². The molecule has 7 nitrogen and oxygen atoms in total. The molecule has 0 bridgehead atoms. The van der Waals surface area contributed by atoms with Gasteiger partial charge in [0.05, 0.1) is 24.7 Å². The molecule has 2 heterocycles. The minimum Gasteiger partial charge on any atom is -0.497 e. The Labute approximate surface area is 171 Å². The number of amides is 2. The predicted octanol–water partition coefficient (Wildman–Crippen LogP) is 3.92. The van der Waals surface area contributed by atoms with Crippen molar-refractivity contribution in [2.75, 3.05) is 17.4 Å². The maximum Gasteiger partial charge on any atom is 0.234 e. The van der Waals surface area contributed by atoms with Crippen LogP contribution in [0.1, 0.15) is 18.4 Å². The molecule has 2 aromatic carbocycles. The van der Waals surface area contributed by atoms with E-state index in [0.717, 1.165) is 22.6 Å². The van der Waals surface area contributed by atoms with E-state index < -0.39 is 0 Å². The zero-order valence-electron chi connectivity index (χ0n) is 15.7. The van der Waals surface area contributed by atoms with E-state index in [-0.39, 0.29) is 24.7 Å². The van der Waals surface area contributed by atoms with Crippen molar-refractivity contribution in [2.24, 2.45) is 5.10 Å². The summed E-state index contributed by atoms with van der Waals surface area (Å²) in [5, 5.41) is 6.80. The molecule has 4 rings (SSSR count). The summed E-state index contributed by atoms with van der Waals surface area (Å²) in [7, 11) is 1.63. The normalized spacial score (nSPS) is 14.0. The molecule has 0 unspecified atom stereocenters. The first-order chi connectivity index (χ1) is 14.1. The standard InChI is InChI=1S/C21H18N4O3S/c1-28-17-8-2-14(3-9-17)12-22-24-21-23-18(13-29-21)15-4-6-16(7-5-15)25-19(26)10-11-20(25)27/h2-9,12-13H,10-11H2,1H3,(H,23,24)/b22-12+. The molecule has 29 heavy (non-hydrogen) atoms. The zero-order chi connectivity index (χ0) is 20.2. The number of hydrogen-bond donors (Lipinski definition) is 1. The number of hydrazone groups is 1. The van der Waals surface area contributed by atoms with Crippen LogP contribution in [0.15, 0.2) is 59.0 Å². The molecule has 0 saturated carbocycles. The number of aromatic nitrogens is 1. The molecule has 1 saturated heterocycles. The van der Waals surface area contributed by atoms with E-state index in [9.17, 15) is 9.59 Å². The van der Waals surface area contributed by atoms with Gasteiger partial charge in [-0.05, 0) is 42.0 Å². The third-order valence-electron chi connectivity index (χ3n) is 4.47. The van der Waals surface area contributed by atoms with E-state index in [4.69, 9.17) is 4.74 Å². The lowest BCUT2D eigenvalue weighted by Gasteiger charge is -2.13. The molecule has 0 spiro atoms. The zero-order valence-corrected chi connectivity index (χ0v) is 16.5. The van der Waals surface area contributed by atoms with Crippen LogP contribution >= 0.6 is 11.3 Å². The number of carbonyl (C=O) groups excluding carboxylic acids is 2. The Morgan fingerprint density at radius 2 is 1.76 bits per heavy atom. The minimum absolute atomic E-state index is 0.155. The quantitative estimate of drug-likeness (QED) is 0.381. The summed E-state index contributed by atoms with van der Waals surface area (Å²) in [5.74, 6) is 0.486. The van der Waals surface area contributed by atoms with Crippen LogP contribution in [0.2, 0.25) is 0 Å². The van der Waals surface area contributed by atoms with Crippen molar-refractivity contribution >= 4 is 40.2 Å². The second-order valence-corrected chi connectivity index (χ2v) is 7.21. The lowest BCUT2D eigenvalue weighted by molar-refractivity contribution is -0.121. The number of hydrogen-bond acceptors (Lipinski definition) is 7. The molecule has 2 amide bonds. The van der Waals surface area contributed by atoms with Crippen molar-refractivity contribution in [3.8, 4) is 17.0 Å². The summed E-state index contributed by atoms with van der Waals surface area (Å²) >= 11 is 1.44. The summed E-state index contributed by atoms with van der Waals surface area (Å²) in [6.45, 7) is 0. The number of carbonyl (C=O) groups is 2. The van der Waals surface area contributed by atoms with Crippen molar-refractivity contribution in [3.05, 3.63) is 59.5 Å². The average Bonchev–Trinajstić information content (AvgIpc) is 3.35. The van der Waals surface area contributed by atoms with Gasteiger partial charge in [0, 0.05) is 23.8 Å². The molecular formula is C21H18N4O3S. The lowest BCUT2D eigenvalue weighted by Crippen LogP contribution is -2.28. The van der Waals surface area contributed by atoms with E-state index in [1.54, 1.807) is 25.5 Å². The molecule has 1 N–H and O–H groups in total. The van der Waals surface area contributed by atoms with Gasteiger partial charge in [-0.25, -0.2) is 4.98 Å². The van der Waals surface area contributed by atoms with Crippen LogP contribution in [0.25, 0.3) is 11.3 Å². The van der Waals surface area contributed by atoms with Crippen LogP contribution in [0.4, 0.5) is 10.8 Å². The molecule has 146 valence electrons. The Bertz CT molecular complexity index is 1040. The van der Waals surface area contributed by atoms with Crippen LogP contribution in [-0.4, -0.2) is 30.1 Å². The summed E-state index contributed by atoms with van der Waals surface area (Å²) < 4.78 is 5.13. The highest BCUT2D eigenvalue weighted by Gasteiger charge is 2.30. The number of ether oxygens (including phenoxy) is 1. The Hall–Kier alpha value is -3.52. The third-order valence-corrected chi connectivity index (χ3v) is 5.21. The highest BCUT2D eigenvalue weighted by atomic mass is 32.1. The second-order valence-electron chi connectivity index (χ2n) is 6.35. The number of anilines is 2. The van der Waals surface area contributed by atoms with Crippen LogP contribution in [0.5, 0.6) is 5.75 Å². The summed E-state index contributed by atoms with van der Waals surface area (Å²) in [4.78, 5) is 29.5. The molecule has 0 radical (unpaired) electrons. The van der Waals surface area contributed by atoms with E-state index in [1.807, 2.05) is 41.8 Å². The molecule has 0 atom stereocenters. The van der Waals surface area contributed by atoms with Crippen LogP contribution in [0, 0.1) is 0 Å². The number of rotatable bonds is 6. The van der Waals surface area contributed by atoms with Crippen LogP contribution in [-0.2, 0) is 9.59 Å². The number of thiazole rings is 1. The first-order valence-electron chi connectivity index (χ1n) is 8.99. The van der Waals surface area contributed by atoms with Crippen LogP contribution in [0.3, 0.4) is 0 Å². The fourth-order valence-electron chi connectivity index (χ4n) is 2.96. The fraction of sp³-hybridized carbons (Fsp3) is 0.143. The Morgan fingerprint density at radius 1 is 1.07 bits per heavy atom. The predicted molar refractivity (Wildman–Crippen MR) is 113 cm³/mol. The third kappa shape index (κ3) is 4.17. The maximum absolute atomic E-state index is 11.8. The topological polar surface area (TPSA) is 83.9 Å². The van der Waals surface area contributed by atoms with Gasteiger partial charge >= 0.3 is 0 Å². The average molecular weight is 406 g/mol. The molecule has 1 aliphatic rings. The van der Waals surface area contributed by atoms with Crippen molar-refractivity contribution in [3.63, 3.8) is 0 Å². The van der Waals surface area contributed by atoms with Crippen LogP contribution < -0.4 is 15.1 Å². The Balaban J connectivity index is 1.41. The molecule has 1 fully saturated rings. The van der Waals surface area contributed by atoms with Gasteiger partial charge in [-0.15, -0.1) is 11.3 Å². The largest absolute Gasteiger partial charge is 0.497 e. The fourth-order valence-corrected chi connectivity index (χ4v) is 3.62. The maximum atomic E-state index is 11.8. The van der Waals surface area contributed by atoms with E-state index >= 15 is 0 Å². The smallest absolute Gasteiger partial charge is 0.234 e. The number of methoxy groups -OCH3 is 1. The van der Waals surface area contributed by atoms with Gasteiger partial charge in [0.15, 0.2) is 0 Å². The van der Waals surface area contributed by atoms with Gasteiger partial charge in [0.2, 0.25) is 16.9 Å². The monoisotopic (exact) mass is 406 g/mol. The lowest BCUT2D eigenvalue weighted by atomic mass is 10.1. The minimum atomic E-state index is -0.155. The number of benzene rings is 2. The van der Waals surface area contributed by atoms with Crippen molar-refractivity contribution in [1.82, 2.24) is 4.98 Å². The van der Waals surface area contributed by atoms with Crippen molar-refractivity contribution in [1.29, 1.82) is 0 Å². The van der Waals surface area contributed by atoms with E-state index in [1.165, 1.54) is 16.2 Å². The van der Waals surface area contributed by atoms with E-state index in [0.29, 0.717) is 10.8 Å². The number of nitrogens with zero attached hydrogens (tertiary/aromatic N) is 3. The molecule has 0 aliphatic carbocycles. The number of imide groups is 1. The molecule has 1 aliphatic heterocycles. The van der Waals surface area contributed by atoms with Gasteiger partial charge < -0.3 is 4.74 Å². The first kappa shape index (κ1) is 18.8. The van der Waals surface area contributed by atoms with Crippen molar-refractivity contribution < 1.29 is 14.3 Å². The Kier molecular flexibility index (Phi) is 5.35.